The molecule has 0 spiro atoms. The van der Waals surface area contributed by atoms with Gasteiger partial charge in [0.05, 0.1) is 11.2 Å². The zero-order valence-corrected chi connectivity index (χ0v) is 11.5. The third-order valence-electron chi connectivity index (χ3n) is 2.44. The highest BCUT2D eigenvalue weighted by atomic mass is 35.5. The van der Waals surface area contributed by atoms with Crippen LogP contribution in [0.2, 0.25) is 5.02 Å². The topological polar surface area (TPSA) is 64.0 Å². The molecule has 5 nitrogen and oxygen atoms in total. The van der Waals surface area contributed by atoms with Crippen molar-refractivity contribution in [2.45, 2.75) is 18.4 Å². The molecule has 1 N–H and O–H groups in total. The molecule has 0 aliphatic rings. The second-order valence-corrected chi connectivity index (χ2v) is 5.77. The van der Waals surface area contributed by atoms with Crippen LogP contribution < -0.4 is 4.72 Å². The molecule has 1 aromatic heterocycles. The van der Waals surface area contributed by atoms with E-state index in [0.29, 0.717) is 12.4 Å². The standard InChI is InChI=1S/C11H11ClFN3O2S/c1-2-16-11(5-6-14-16)15-19(17,18)10-4-3-8(13)7-9(10)12/h3-7,15H,2H2,1H3. The van der Waals surface area contributed by atoms with Gasteiger partial charge in [0.25, 0.3) is 10.0 Å². The molecule has 0 aliphatic heterocycles. The summed E-state index contributed by atoms with van der Waals surface area (Å²) in [6.07, 6.45) is 1.48. The third-order valence-corrected chi connectivity index (χ3v) is 4.28. The Kier molecular flexibility index (Phi) is 3.77. The Morgan fingerprint density at radius 1 is 1.42 bits per heavy atom. The largest absolute Gasteiger partial charge is 0.264 e. The maximum absolute atomic E-state index is 12.9. The smallest absolute Gasteiger partial charge is 0.264 e. The fourth-order valence-electron chi connectivity index (χ4n) is 1.56. The van der Waals surface area contributed by atoms with Gasteiger partial charge in [0, 0.05) is 12.6 Å². The van der Waals surface area contributed by atoms with E-state index in [1.54, 1.807) is 0 Å². The Hall–Kier alpha value is -1.60. The SMILES string of the molecule is CCn1nccc1NS(=O)(=O)c1ccc(F)cc1Cl. The van der Waals surface area contributed by atoms with E-state index in [1.165, 1.54) is 16.9 Å². The first kappa shape index (κ1) is 13.8. The van der Waals surface area contributed by atoms with Gasteiger partial charge in [-0.1, -0.05) is 11.6 Å². The van der Waals surface area contributed by atoms with Crippen molar-refractivity contribution in [1.29, 1.82) is 0 Å². The number of nitrogens with one attached hydrogen (secondary N) is 1. The zero-order chi connectivity index (χ0) is 14.0. The van der Waals surface area contributed by atoms with Crippen molar-refractivity contribution in [2.75, 3.05) is 4.72 Å². The summed E-state index contributed by atoms with van der Waals surface area (Å²) in [5.41, 5.74) is 0. The molecule has 1 aromatic carbocycles. The van der Waals surface area contributed by atoms with Crippen molar-refractivity contribution in [3.8, 4) is 0 Å². The van der Waals surface area contributed by atoms with E-state index in [0.717, 1.165) is 18.2 Å². The first-order valence-electron chi connectivity index (χ1n) is 5.43. The number of rotatable bonds is 4. The van der Waals surface area contributed by atoms with Crippen LogP contribution in [0.3, 0.4) is 0 Å². The molecular formula is C11H11ClFN3O2S. The van der Waals surface area contributed by atoms with E-state index in [1.807, 2.05) is 6.92 Å². The Morgan fingerprint density at radius 3 is 2.79 bits per heavy atom. The van der Waals surface area contributed by atoms with Gasteiger partial charge in [-0.05, 0) is 25.1 Å². The Morgan fingerprint density at radius 2 is 2.16 bits per heavy atom. The highest BCUT2D eigenvalue weighted by Crippen LogP contribution is 2.24. The monoisotopic (exact) mass is 303 g/mol. The first-order chi connectivity index (χ1) is 8.94. The minimum absolute atomic E-state index is 0.171. The fraction of sp³-hybridized carbons (Fsp3) is 0.182. The van der Waals surface area contributed by atoms with Gasteiger partial charge in [0.2, 0.25) is 0 Å². The second kappa shape index (κ2) is 5.18. The fourth-order valence-corrected chi connectivity index (χ4v) is 3.15. The summed E-state index contributed by atoms with van der Waals surface area (Å²) < 4.78 is 41.0. The highest BCUT2D eigenvalue weighted by Gasteiger charge is 2.19. The molecule has 0 atom stereocenters. The number of aryl methyl sites for hydroxylation is 1. The molecule has 0 saturated carbocycles. The molecule has 102 valence electrons. The normalized spacial score (nSPS) is 11.5. The van der Waals surface area contributed by atoms with Gasteiger partial charge >= 0.3 is 0 Å². The predicted molar refractivity (Wildman–Crippen MR) is 70.1 cm³/mol. The van der Waals surface area contributed by atoms with Crippen molar-refractivity contribution < 1.29 is 12.8 Å². The number of aromatic nitrogens is 2. The lowest BCUT2D eigenvalue weighted by atomic mass is 10.3. The number of nitrogens with zero attached hydrogens (tertiary/aromatic N) is 2. The number of benzene rings is 1. The van der Waals surface area contributed by atoms with E-state index in [-0.39, 0.29) is 9.92 Å². The van der Waals surface area contributed by atoms with E-state index in [9.17, 15) is 12.8 Å². The van der Waals surface area contributed by atoms with Crippen molar-refractivity contribution in [2.24, 2.45) is 0 Å². The molecule has 1 heterocycles. The van der Waals surface area contributed by atoms with E-state index >= 15 is 0 Å². The van der Waals surface area contributed by atoms with E-state index in [4.69, 9.17) is 11.6 Å². The average Bonchev–Trinajstić information content (AvgIpc) is 2.74. The lowest BCUT2D eigenvalue weighted by Crippen LogP contribution is -2.16. The summed E-state index contributed by atoms with van der Waals surface area (Å²) in [5.74, 6) is -0.273. The number of anilines is 1. The summed E-state index contributed by atoms with van der Waals surface area (Å²) >= 11 is 5.75. The maximum Gasteiger partial charge on any atom is 0.264 e. The summed E-state index contributed by atoms with van der Waals surface area (Å²) in [6.45, 7) is 2.34. The van der Waals surface area contributed by atoms with Gasteiger partial charge in [-0.15, -0.1) is 0 Å². The Labute approximate surface area is 115 Å². The van der Waals surface area contributed by atoms with Crippen LogP contribution in [0.15, 0.2) is 35.4 Å². The van der Waals surface area contributed by atoms with Crippen LogP contribution in [0, 0.1) is 5.82 Å². The molecule has 8 heteroatoms. The van der Waals surface area contributed by atoms with Crippen LogP contribution in [0.4, 0.5) is 10.2 Å². The van der Waals surface area contributed by atoms with Gasteiger partial charge in [-0.2, -0.15) is 5.10 Å². The lowest BCUT2D eigenvalue weighted by molar-refractivity contribution is 0.597. The summed E-state index contributed by atoms with van der Waals surface area (Å²) in [5, 5.41) is 3.77. The number of sulfonamides is 1. The summed E-state index contributed by atoms with van der Waals surface area (Å²) in [6, 6.07) is 4.63. The summed E-state index contributed by atoms with van der Waals surface area (Å²) in [4.78, 5) is -0.181. The molecular weight excluding hydrogens is 293 g/mol. The van der Waals surface area contributed by atoms with Crippen LogP contribution in [0.5, 0.6) is 0 Å². The molecule has 0 radical (unpaired) electrons. The Bertz CT molecular complexity index is 700. The quantitative estimate of drug-likeness (QED) is 0.944. The van der Waals surface area contributed by atoms with Crippen molar-refractivity contribution >= 4 is 27.4 Å². The van der Waals surface area contributed by atoms with Gasteiger partial charge in [0.15, 0.2) is 0 Å². The number of hydrogen-bond acceptors (Lipinski definition) is 3. The molecule has 19 heavy (non-hydrogen) atoms. The van der Waals surface area contributed by atoms with Crippen LogP contribution in [-0.4, -0.2) is 18.2 Å². The molecule has 2 aromatic rings. The minimum atomic E-state index is -3.87. The third kappa shape index (κ3) is 2.87. The number of hydrogen-bond donors (Lipinski definition) is 1. The molecule has 0 fully saturated rings. The lowest BCUT2D eigenvalue weighted by Gasteiger charge is -2.10. The van der Waals surface area contributed by atoms with E-state index < -0.39 is 15.8 Å². The first-order valence-corrected chi connectivity index (χ1v) is 7.30. The van der Waals surface area contributed by atoms with Crippen LogP contribution in [0.1, 0.15) is 6.92 Å². The van der Waals surface area contributed by atoms with Crippen LogP contribution in [-0.2, 0) is 16.6 Å². The molecule has 2 rings (SSSR count). The van der Waals surface area contributed by atoms with Gasteiger partial charge < -0.3 is 0 Å². The Balaban J connectivity index is 2.38. The second-order valence-electron chi connectivity index (χ2n) is 3.71. The maximum atomic E-state index is 12.9. The molecule has 0 unspecified atom stereocenters. The molecule has 0 saturated heterocycles. The van der Waals surface area contributed by atoms with E-state index in [2.05, 4.69) is 9.82 Å². The van der Waals surface area contributed by atoms with Gasteiger partial charge in [-0.25, -0.2) is 17.5 Å². The van der Waals surface area contributed by atoms with Gasteiger partial charge in [-0.3, -0.25) is 4.72 Å². The average molecular weight is 304 g/mol. The van der Waals surface area contributed by atoms with Crippen molar-refractivity contribution in [1.82, 2.24) is 9.78 Å². The van der Waals surface area contributed by atoms with Crippen LogP contribution in [0.25, 0.3) is 0 Å². The zero-order valence-electron chi connectivity index (χ0n) is 9.97. The minimum Gasteiger partial charge on any atom is -0.264 e. The van der Waals surface area contributed by atoms with Crippen molar-refractivity contribution in [3.05, 3.63) is 41.3 Å². The predicted octanol–water partition coefficient (Wildman–Crippen LogP) is 2.50. The molecule has 0 amide bonds. The highest BCUT2D eigenvalue weighted by molar-refractivity contribution is 7.92. The molecule has 0 aliphatic carbocycles. The van der Waals surface area contributed by atoms with Gasteiger partial charge in [0.1, 0.15) is 16.5 Å². The summed E-state index contributed by atoms with van der Waals surface area (Å²) in [7, 11) is -3.87. The van der Waals surface area contributed by atoms with Crippen molar-refractivity contribution in [3.63, 3.8) is 0 Å². The molecule has 0 bridgehead atoms. The number of halogens is 2. The van der Waals surface area contributed by atoms with Crippen LogP contribution >= 0.6 is 11.6 Å².